The smallest absolute Gasteiger partial charge is 0.422 e. The van der Waals surface area contributed by atoms with Crippen LogP contribution in [0, 0.1) is 0 Å². The highest BCUT2D eigenvalue weighted by Crippen LogP contribution is 2.49. The highest BCUT2D eigenvalue weighted by atomic mass is 31.2. The Morgan fingerprint density at radius 1 is 1.00 bits per heavy atom. The van der Waals surface area contributed by atoms with Crippen molar-refractivity contribution in [3.8, 4) is 0 Å². The van der Waals surface area contributed by atoms with Crippen molar-refractivity contribution >= 4 is 23.7 Å². The van der Waals surface area contributed by atoms with Gasteiger partial charge in [-0.15, -0.1) is 0 Å². The number of ether oxygens (including phenoxy) is 1. The molecule has 0 N–H and O–H groups in total. The van der Waals surface area contributed by atoms with Crippen molar-refractivity contribution < 1.29 is 27.3 Å². The van der Waals surface area contributed by atoms with Gasteiger partial charge in [0.25, 0.3) is 0 Å². The number of hydrogen-bond acceptors (Lipinski definition) is 3. The van der Waals surface area contributed by atoms with Gasteiger partial charge in [-0.1, -0.05) is 67.6 Å². The predicted octanol–water partition coefficient (Wildman–Crippen LogP) is 3.88. The SMILES string of the molecule is CC(CC(=O)OCC(F)(F)F)P(=O)(c1ccccc1)c1ccccc1. The van der Waals surface area contributed by atoms with Crippen molar-refractivity contribution in [1.82, 2.24) is 0 Å². The zero-order valence-corrected chi connectivity index (χ0v) is 14.5. The van der Waals surface area contributed by atoms with E-state index in [1.54, 1.807) is 67.6 Å². The number of esters is 1. The van der Waals surface area contributed by atoms with Crippen LogP contribution in [0.15, 0.2) is 60.7 Å². The second-order valence-electron chi connectivity index (χ2n) is 5.66. The maximum absolute atomic E-state index is 13.8. The summed E-state index contributed by atoms with van der Waals surface area (Å²) in [6.07, 6.45) is -4.95. The molecule has 0 spiro atoms. The number of hydrogen-bond donors (Lipinski definition) is 0. The highest BCUT2D eigenvalue weighted by Gasteiger charge is 2.36. The standard InChI is InChI=1S/C18H18F3O3P/c1-14(12-17(22)24-13-18(19,20)21)25(23,15-8-4-2-5-9-15)16-10-6-3-7-11-16/h2-11,14H,12-13H2,1H3. The molecule has 2 aromatic rings. The fourth-order valence-electron chi connectivity index (χ4n) is 2.55. The molecule has 25 heavy (non-hydrogen) atoms. The molecule has 7 heteroatoms. The lowest BCUT2D eigenvalue weighted by Crippen LogP contribution is -2.28. The molecule has 0 bridgehead atoms. The van der Waals surface area contributed by atoms with Gasteiger partial charge >= 0.3 is 12.1 Å². The lowest BCUT2D eigenvalue weighted by atomic mass is 10.3. The monoisotopic (exact) mass is 370 g/mol. The molecule has 3 nitrogen and oxygen atoms in total. The van der Waals surface area contributed by atoms with Crippen molar-refractivity contribution in [2.75, 3.05) is 6.61 Å². The Balaban J connectivity index is 2.28. The number of benzene rings is 2. The Bertz CT molecular complexity index is 702. The first-order valence-electron chi connectivity index (χ1n) is 7.67. The van der Waals surface area contributed by atoms with Crippen LogP contribution >= 0.6 is 7.14 Å². The molecule has 2 aromatic carbocycles. The Morgan fingerprint density at radius 2 is 1.44 bits per heavy atom. The maximum Gasteiger partial charge on any atom is 0.422 e. The normalized spacial score (nSPS) is 13.3. The Kier molecular flexibility index (Phi) is 6.07. The molecule has 1 unspecified atom stereocenters. The van der Waals surface area contributed by atoms with Gasteiger partial charge in [-0.25, -0.2) is 0 Å². The van der Waals surface area contributed by atoms with Gasteiger partial charge in [-0.3, -0.25) is 4.79 Å². The van der Waals surface area contributed by atoms with Gasteiger partial charge in [0.2, 0.25) is 0 Å². The van der Waals surface area contributed by atoms with Crippen molar-refractivity contribution in [2.45, 2.75) is 25.2 Å². The Labute approximate surface area is 144 Å². The summed E-state index contributed by atoms with van der Waals surface area (Å²) < 4.78 is 54.6. The first-order chi connectivity index (χ1) is 11.7. The van der Waals surface area contributed by atoms with E-state index in [0.717, 1.165) is 0 Å². The van der Waals surface area contributed by atoms with E-state index in [9.17, 15) is 22.5 Å². The molecule has 134 valence electrons. The van der Waals surface area contributed by atoms with E-state index in [1.807, 2.05) is 0 Å². The van der Waals surface area contributed by atoms with Gasteiger partial charge in [0, 0.05) is 16.3 Å². The van der Waals surface area contributed by atoms with Gasteiger partial charge < -0.3 is 9.30 Å². The summed E-state index contributed by atoms with van der Waals surface area (Å²) in [7, 11) is -3.22. The van der Waals surface area contributed by atoms with Crippen LogP contribution in [-0.4, -0.2) is 24.4 Å². The third-order valence-electron chi connectivity index (χ3n) is 3.76. The number of alkyl halides is 3. The minimum Gasteiger partial charge on any atom is -0.456 e. The average Bonchev–Trinajstić information content (AvgIpc) is 2.60. The summed E-state index contributed by atoms with van der Waals surface area (Å²) in [4.78, 5) is 11.8. The average molecular weight is 370 g/mol. The van der Waals surface area contributed by atoms with Crippen LogP contribution in [0.4, 0.5) is 13.2 Å². The summed E-state index contributed by atoms with van der Waals surface area (Å²) in [6.45, 7) is -0.0465. The molecule has 0 aliphatic heterocycles. The number of halogens is 3. The topological polar surface area (TPSA) is 43.4 Å². The molecule has 0 fully saturated rings. The molecule has 0 saturated heterocycles. The van der Waals surface area contributed by atoms with Crippen molar-refractivity contribution in [3.05, 3.63) is 60.7 Å². The van der Waals surface area contributed by atoms with Gasteiger partial charge in [0.05, 0.1) is 6.42 Å². The van der Waals surface area contributed by atoms with E-state index in [2.05, 4.69) is 4.74 Å². The van der Waals surface area contributed by atoms with Gasteiger partial charge in [-0.05, 0) is 0 Å². The lowest BCUT2D eigenvalue weighted by Gasteiger charge is -2.25. The Hall–Kier alpha value is -2.07. The zero-order valence-electron chi connectivity index (χ0n) is 13.6. The predicted molar refractivity (Wildman–Crippen MR) is 90.9 cm³/mol. The van der Waals surface area contributed by atoms with Crippen molar-refractivity contribution in [1.29, 1.82) is 0 Å². The van der Waals surface area contributed by atoms with Crippen LogP contribution in [-0.2, 0) is 14.1 Å². The van der Waals surface area contributed by atoms with Crippen LogP contribution in [0.5, 0.6) is 0 Å². The number of rotatable bonds is 6. The molecule has 0 radical (unpaired) electrons. The van der Waals surface area contributed by atoms with E-state index in [-0.39, 0.29) is 6.42 Å². The molecule has 0 aliphatic rings. The van der Waals surface area contributed by atoms with Crippen molar-refractivity contribution in [3.63, 3.8) is 0 Å². The second-order valence-corrected chi connectivity index (χ2v) is 8.89. The van der Waals surface area contributed by atoms with Crippen LogP contribution in [0.2, 0.25) is 0 Å². The molecule has 1 atom stereocenters. The summed E-state index contributed by atoms with van der Waals surface area (Å²) in [5, 5.41) is 1.11. The van der Waals surface area contributed by atoms with Crippen LogP contribution in [0.1, 0.15) is 13.3 Å². The molecular weight excluding hydrogens is 352 g/mol. The molecule has 2 rings (SSSR count). The van der Waals surface area contributed by atoms with E-state index < -0.39 is 31.6 Å². The summed E-state index contributed by atoms with van der Waals surface area (Å²) in [6, 6.07) is 17.3. The van der Waals surface area contributed by atoms with Crippen LogP contribution in [0.25, 0.3) is 0 Å². The fourth-order valence-corrected chi connectivity index (χ4v) is 5.50. The first kappa shape index (κ1) is 19.3. The van der Waals surface area contributed by atoms with Crippen LogP contribution < -0.4 is 10.6 Å². The minimum absolute atomic E-state index is 0.364. The van der Waals surface area contributed by atoms with E-state index in [4.69, 9.17) is 0 Å². The van der Waals surface area contributed by atoms with E-state index >= 15 is 0 Å². The largest absolute Gasteiger partial charge is 0.456 e. The fraction of sp³-hybridized carbons (Fsp3) is 0.278. The molecule has 0 heterocycles. The molecular formula is C18H18F3O3P. The zero-order chi connectivity index (χ0) is 18.5. The van der Waals surface area contributed by atoms with Gasteiger partial charge in [0.1, 0.15) is 7.14 Å². The lowest BCUT2D eigenvalue weighted by molar-refractivity contribution is -0.186. The quantitative estimate of drug-likeness (QED) is 0.573. The molecule has 0 saturated carbocycles. The molecule has 0 aliphatic carbocycles. The third-order valence-corrected chi connectivity index (χ3v) is 7.31. The third kappa shape index (κ3) is 4.95. The Morgan fingerprint density at radius 3 is 1.84 bits per heavy atom. The second kappa shape index (κ2) is 7.87. The molecule has 0 amide bonds. The van der Waals surface area contributed by atoms with E-state index in [1.165, 1.54) is 0 Å². The van der Waals surface area contributed by atoms with Crippen molar-refractivity contribution in [2.24, 2.45) is 0 Å². The van der Waals surface area contributed by atoms with Crippen LogP contribution in [0.3, 0.4) is 0 Å². The summed E-state index contributed by atoms with van der Waals surface area (Å²) in [5.74, 6) is -1.02. The van der Waals surface area contributed by atoms with Gasteiger partial charge in [-0.2, -0.15) is 13.2 Å². The number of carbonyl (C=O) groups excluding carboxylic acids is 1. The maximum atomic E-state index is 13.8. The minimum atomic E-state index is -4.58. The first-order valence-corrected chi connectivity index (χ1v) is 9.44. The molecule has 0 aromatic heterocycles. The highest BCUT2D eigenvalue weighted by molar-refractivity contribution is 7.79. The van der Waals surface area contributed by atoms with Gasteiger partial charge in [0.15, 0.2) is 6.61 Å². The summed E-state index contributed by atoms with van der Waals surface area (Å²) in [5.41, 5.74) is -0.696. The number of carbonyl (C=O) groups is 1. The summed E-state index contributed by atoms with van der Waals surface area (Å²) >= 11 is 0. The van der Waals surface area contributed by atoms with E-state index in [0.29, 0.717) is 10.6 Å².